The Hall–Kier alpha value is -3.64. The third-order valence-corrected chi connectivity index (χ3v) is 6.46. The van der Waals surface area contributed by atoms with Crippen molar-refractivity contribution >= 4 is 38.1 Å². The van der Waals surface area contributed by atoms with Gasteiger partial charge in [0.1, 0.15) is 11.6 Å². The second-order valence-corrected chi connectivity index (χ2v) is 8.45. The maximum absolute atomic E-state index is 5.48. The van der Waals surface area contributed by atoms with Crippen molar-refractivity contribution in [3.63, 3.8) is 0 Å². The number of nitrogens with one attached hydrogen (secondary N) is 1. The Bertz CT molecular complexity index is 1430. The first-order valence-electron chi connectivity index (χ1n) is 10.4. The fraction of sp³-hybridized carbons (Fsp3) is 0.154. The zero-order valence-electron chi connectivity index (χ0n) is 18.2. The number of ether oxygens (including phenoxy) is 2. The quantitative estimate of drug-likeness (QED) is 0.328. The molecular formula is C26H23N3O2S. The van der Waals surface area contributed by atoms with E-state index in [9.17, 15) is 0 Å². The van der Waals surface area contributed by atoms with Crippen LogP contribution >= 0.6 is 11.3 Å². The lowest BCUT2D eigenvalue weighted by Crippen LogP contribution is -2.05. The highest BCUT2D eigenvalue weighted by molar-refractivity contribution is 7.17. The molecule has 6 heteroatoms. The molecule has 32 heavy (non-hydrogen) atoms. The number of rotatable bonds is 6. The van der Waals surface area contributed by atoms with Gasteiger partial charge in [0.15, 0.2) is 11.5 Å². The van der Waals surface area contributed by atoms with Crippen LogP contribution in [0.25, 0.3) is 32.1 Å². The van der Waals surface area contributed by atoms with E-state index in [2.05, 4.69) is 69.2 Å². The Morgan fingerprint density at radius 2 is 1.69 bits per heavy atom. The lowest BCUT2D eigenvalue weighted by Gasteiger charge is -2.13. The molecule has 2 heterocycles. The van der Waals surface area contributed by atoms with Crippen LogP contribution in [-0.4, -0.2) is 24.2 Å². The van der Waals surface area contributed by atoms with Crippen LogP contribution in [0.2, 0.25) is 0 Å². The molecule has 0 unspecified atom stereocenters. The van der Waals surface area contributed by atoms with E-state index in [1.54, 1.807) is 25.6 Å². The summed E-state index contributed by atoms with van der Waals surface area (Å²) < 4.78 is 12.2. The van der Waals surface area contributed by atoms with Gasteiger partial charge in [-0.15, -0.1) is 11.3 Å². The van der Waals surface area contributed by atoms with Gasteiger partial charge < -0.3 is 14.8 Å². The molecule has 0 saturated heterocycles. The average Bonchev–Trinajstić information content (AvgIpc) is 3.26. The number of thiophene rings is 1. The number of hydrogen-bond donors (Lipinski definition) is 1. The number of methoxy groups -OCH3 is 2. The zero-order chi connectivity index (χ0) is 22.1. The summed E-state index contributed by atoms with van der Waals surface area (Å²) in [5.74, 6) is 2.78. The van der Waals surface area contributed by atoms with Crippen molar-refractivity contribution in [3.8, 4) is 22.6 Å². The predicted octanol–water partition coefficient (Wildman–Crippen LogP) is 6.45. The zero-order valence-corrected chi connectivity index (χ0v) is 19.0. The Kier molecular flexibility index (Phi) is 5.37. The molecule has 5 nitrogen and oxygen atoms in total. The van der Waals surface area contributed by atoms with Crippen LogP contribution in [-0.2, 0) is 6.54 Å². The topological polar surface area (TPSA) is 56.3 Å². The van der Waals surface area contributed by atoms with E-state index in [1.165, 1.54) is 26.8 Å². The van der Waals surface area contributed by atoms with Crippen molar-refractivity contribution in [1.82, 2.24) is 9.97 Å². The Balaban J connectivity index is 1.47. The highest BCUT2D eigenvalue weighted by Crippen LogP contribution is 2.35. The normalized spacial score (nSPS) is 11.1. The van der Waals surface area contributed by atoms with Crippen LogP contribution in [0.4, 0.5) is 5.82 Å². The van der Waals surface area contributed by atoms with E-state index in [0.717, 1.165) is 16.7 Å². The summed E-state index contributed by atoms with van der Waals surface area (Å²) in [5.41, 5.74) is 4.49. The molecule has 0 spiro atoms. The monoisotopic (exact) mass is 441 g/mol. The van der Waals surface area contributed by atoms with Crippen LogP contribution in [0.3, 0.4) is 0 Å². The first-order valence-corrected chi connectivity index (χ1v) is 11.2. The van der Waals surface area contributed by atoms with Crippen molar-refractivity contribution < 1.29 is 9.47 Å². The SMILES string of the molecule is COc1cc2nc(C)nc(NCc3cccc(-c4csc5ccccc45)c3)c2cc1OC. The van der Waals surface area contributed by atoms with Gasteiger partial charge in [0, 0.05) is 33.6 Å². The summed E-state index contributed by atoms with van der Waals surface area (Å²) in [6, 6.07) is 21.0. The molecule has 0 aliphatic rings. The molecular weight excluding hydrogens is 418 g/mol. The molecule has 5 rings (SSSR count). The Morgan fingerprint density at radius 3 is 2.53 bits per heavy atom. The smallest absolute Gasteiger partial charge is 0.162 e. The highest BCUT2D eigenvalue weighted by Gasteiger charge is 2.13. The van der Waals surface area contributed by atoms with E-state index in [1.807, 2.05) is 19.1 Å². The van der Waals surface area contributed by atoms with Crippen LogP contribution in [0.1, 0.15) is 11.4 Å². The van der Waals surface area contributed by atoms with Crippen LogP contribution < -0.4 is 14.8 Å². The van der Waals surface area contributed by atoms with Crippen molar-refractivity contribution in [2.45, 2.75) is 13.5 Å². The summed E-state index contributed by atoms with van der Waals surface area (Å²) in [5, 5.41) is 7.92. The number of anilines is 1. The summed E-state index contributed by atoms with van der Waals surface area (Å²) in [6.07, 6.45) is 0. The molecule has 0 saturated carbocycles. The molecule has 1 N–H and O–H groups in total. The van der Waals surface area contributed by atoms with Gasteiger partial charge in [0.2, 0.25) is 0 Å². The van der Waals surface area contributed by atoms with Crippen LogP contribution in [0.15, 0.2) is 66.0 Å². The van der Waals surface area contributed by atoms with Gasteiger partial charge in [0.05, 0.1) is 19.7 Å². The van der Waals surface area contributed by atoms with E-state index in [4.69, 9.17) is 9.47 Å². The van der Waals surface area contributed by atoms with E-state index < -0.39 is 0 Å². The minimum absolute atomic E-state index is 0.649. The van der Waals surface area contributed by atoms with Gasteiger partial charge in [0.25, 0.3) is 0 Å². The molecule has 0 radical (unpaired) electrons. The van der Waals surface area contributed by atoms with E-state index >= 15 is 0 Å². The molecule has 0 fully saturated rings. The maximum Gasteiger partial charge on any atom is 0.162 e. The van der Waals surface area contributed by atoms with Gasteiger partial charge in [-0.2, -0.15) is 0 Å². The van der Waals surface area contributed by atoms with Gasteiger partial charge >= 0.3 is 0 Å². The van der Waals surface area contributed by atoms with Gasteiger partial charge in [-0.05, 0) is 41.6 Å². The van der Waals surface area contributed by atoms with Gasteiger partial charge in [-0.3, -0.25) is 0 Å². The second kappa shape index (κ2) is 8.48. The fourth-order valence-corrected chi connectivity index (χ4v) is 4.91. The maximum atomic E-state index is 5.48. The van der Waals surface area contributed by atoms with Gasteiger partial charge in [-0.25, -0.2) is 9.97 Å². The van der Waals surface area contributed by atoms with Crippen molar-refractivity contribution in [1.29, 1.82) is 0 Å². The number of aromatic nitrogens is 2. The summed E-state index contributed by atoms with van der Waals surface area (Å²) in [6.45, 7) is 2.54. The molecule has 0 atom stereocenters. The second-order valence-electron chi connectivity index (χ2n) is 7.54. The lowest BCUT2D eigenvalue weighted by atomic mass is 10.0. The Morgan fingerprint density at radius 1 is 0.875 bits per heavy atom. The highest BCUT2D eigenvalue weighted by atomic mass is 32.1. The molecule has 0 bridgehead atoms. The predicted molar refractivity (Wildman–Crippen MR) is 132 cm³/mol. The fourth-order valence-electron chi connectivity index (χ4n) is 3.94. The minimum atomic E-state index is 0.649. The average molecular weight is 442 g/mol. The molecule has 2 aromatic heterocycles. The van der Waals surface area contributed by atoms with E-state index in [-0.39, 0.29) is 0 Å². The molecule has 0 aliphatic heterocycles. The largest absolute Gasteiger partial charge is 0.493 e. The molecule has 0 amide bonds. The third kappa shape index (κ3) is 3.74. The molecule has 5 aromatic rings. The van der Waals surface area contributed by atoms with Gasteiger partial charge in [-0.1, -0.05) is 36.4 Å². The first kappa shape index (κ1) is 20.3. The van der Waals surface area contributed by atoms with Crippen molar-refractivity contribution in [2.24, 2.45) is 0 Å². The lowest BCUT2D eigenvalue weighted by molar-refractivity contribution is 0.356. The number of hydrogen-bond acceptors (Lipinski definition) is 6. The van der Waals surface area contributed by atoms with Crippen molar-refractivity contribution in [2.75, 3.05) is 19.5 Å². The summed E-state index contributed by atoms with van der Waals surface area (Å²) in [4.78, 5) is 9.21. The number of aryl methyl sites for hydroxylation is 1. The molecule has 160 valence electrons. The summed E-state index contributed by atoms with van der Waals surface area (Å²) in [7, 11) is 3.26. The molecule has 0 aliphatic carbocycles. The standard InChI is InChI=1S/C26H23N3O2S/c1-16-28-22-13-24(31-3)23(30-2)12-20(22)26(29-16)27-14-17-7-6-8-18(11-17)21-15-32-25-10-5-4-9-19(21)25/h4-13,15H,14H2,1-3H3,(H,27,28,29). The first-order chi connectivity index (χ1) is 15.7. The summed E-state index contributed by atoms with van der Waals surface area (Å²) >= 11 is 1.78. The molecule has 3 aromatic carbocycles. The number of nitrogens with zero attached hydrogens (tertiary/aromatic N) is 2. The third-order valence-electron chi connectivity index (χ3n) is 5.49. The van der Waals surface area contributed by atoms with Crippen LogP contribution in [0, 0.1) is 6.92 Å². The number of fused-ring (bicyclic) bond motifs is 2. The number of benzene rings is 3. The minimum Gasteiger partial charge on any atom is -0.493 e. The van der Waals surface area contributed by atoms with Crippen molar-refractivity contribution in [3.05, 3.63) is 77.4 Å². The van der Waals surface area contributed by atoms with E-state index in [0.29, 0.717) is 23.9 Å². The Labute approximate surface area is 190 Å². The van der Waals surface area contributed by atoms with Crippen LogP contribution in [0.5, 0.6) is 11.5 Å².